The maximum Gasteiger partial charge on any atom is 0.264 e. The van der Waals surface area contributed by atoms with Crippen LogP contribution in [-0.4, -0.2) is 44.3 Å². The number of nitrogens with one attached hydrogen (secondary N) is 1. The van der Waals surface area contributed by atoms with Crippen molar-refractivity contribution >= 4 is 43.5 Å². The molecule has 7 nitrogen and oxygen atoms in total. The fourth-order valence-electron chi connectivity index (χ4n) is 3.96. The summed E-state index contributed by atoms with van der Waals surface area (Å²) < 4.78 is 44.0. The highest BCUT2D eigenvalue weighted by Crippen LogP contribution is 2.27. The number of nitrogens with zero attached hydrogens (tertiary/aromatic N) is 2. The second kappa shape index (κ2) is 13.7. The molecule has 1 N–H and O–H groups in total. The van der Waals surface area contributed by atoms with Crippen LogP contribution in [0, 0.1) is 12.7 Å². The molecule has 208 valence electrons. The van der Waals surface area contributed by atoms with Gasteiger partial charge in [0.1, 0.15) is 18.4 Å². The van der Waals surface area contributed by atoms with E-state index in [2.05, 4.69) is 21.2 Å². The second-order valence-corrected chi connectivity index (χ2v) is 12.0. The smallest absolute Gasteiger partial charge is 0.264 e. The Balaban J connectivity index is 2.01. The summed E-state index contributed by atoms with van der Waals surface area (Å²) in [4.78, 5) is 28.1. The monoisotopic (exact) mass is 617 g/mol. The predicted octanol–water partition coefficient (Wildman–Crippen LogP) is 5.43. The summed E-state index contributed by atoms with van der Waals surface area (Å²) in [6, 6.07) is 17.9. The summed E-state index contributed by atoms with van der Waals surface area (Å²) in [5.74, 6) is -1.79. The minimum absolute atomic E-state index is 0.0519. The summed E-state index contributed by atoms with van der Waals surface area (Å²) in [7, 11) is -4.33. The minimum Gasteiger partial charge on any atom is -0.354 e. The van der Waals surface area contributed by atoms with Gasteiger partial charge in [0.15, 0.2) is 0 Å². The average molecular weight is 619 g/mol. The quantitative estimate of drug-likeness (QED) is 0.275. The number of hydrogen-bond acceptors (Lipinski definition) is 4. The average Bonchev–Trinajstić information content (AvgIpc) is 2.90. The van der Waals surface area contributed by atoms with Gasteiger partial charge < -0.3 is 10.2 Å². The normalized spacial score (nSPS) is 12.0. The van der Waals surface area contributed by atoms with E-state index in [4.69, 9.17) is 0 Å². The molecule has 0 unspecified atom stereocenters. The van der Waals surface area contributed by atoms with Crippen LogP contribution < -0.4 is 9.62 Å². The highest BCUT2D eigenvalue weighted by atomic mass is 79.9. The number of benzene rings is 3. The first-order valence-electron chi connectivity index (χ1n) is 12.7. The van der Waals surface area contributed by atoms with E-state index in [1.165, 1.54) is 35.2 Å². The number of sulfonamides is 1. The molecular formula is C29H33BrFN3O4S. The van der Waals surface area contributed by atoms with Crippen molar-refractivity contribution in [1.82, 2.24) is 10.2 Å². The van der Waals surface area contributed by atoms with E-state index in [0.29, 0.717) is 6.54 Å². The Labute approximate surface area is 238 Å². The Morgan fingerprint density at radius 1 is 1.03 bits per heavy atom. The highest BCUT2D eigenvalue weighted by molar-refractivity contribution is 9.10. The molecule has 0 aromatic heterocycles. The summed E-state index contributed by atoms with van der Waals surface area (Å²) in [5.41, 5.74) is 1.34. The topological polar surface area (TPSA) is 86.8 Å². The molecule has 0 saturated heterocycles. The number of anilines is 1. The molecule has 2 amide bonds. The molecule has 39 heavy (non-hydrogen) atoms. The van der Waals surface area contributed by atoms with Gasteiger partial charge in [-0.2, -0.15) is 0 Å². The van der Waals surface area contributed by atoms with Gasteiger partial charge in [-0.25, -0.2) is 12.8 Å². The zero-order valence-corrected chi connectivity index (χ0v) is 24.6. The van der Waals surface area contributed by atoms with Crippen LogP contribution in [0.15, 0.2) is 82.2 Å². The van der Waals surface area contributed by atoms with Crippen molar-refractivity contribution in [1.29, 1.82) is 0 Å². The number of carbonyl (C=O) groups is 2. The van der Waals surface area contributed by atoms with E-state index in [1.807, 2.05) is 38.1 Å². The first-order valence-corrected chi connectivity index (χ1v) is 14.9. The summed E-state index contributed by atoms with van der Waals surface area (Å²) >= 11 is 3.42. The molecule has 0 aliphatic carbocycles. The number of aryl methyl sites for hydroxylation is 1. The minimum atomic E-state index is -4.33. The lowest BCUT2D eigenvalue weighted by Gasteiger charge is -2.32. The molecule has 0 saturated carbocycles. The SMILES string of the molecule is CCCCNC(=O)[C@@H](C)N(Cc1cccc(Br)c1)C(=O)CN(c1ccccc1F)S(=O)(=O)c1ccc(C)cc1. The van der Waals surface area contributed by atoms with Crippen LogP contribution >= 0.6 is 15.9 Å². The fraction of sp³-hybridized carbons (Fsp3) is 0.310. The van der Waals surface area contributed by atoms with Crippen LogP contribution in [0.3, 0.4) is 0 Å². The molecule has 0 aliphatic heterocycles. The summed E-state index contributed by atoms with van der Waals surface area (Å²) in [6.45, 7) is 5.24. The van der Waals surface area contributed by atoms with Gasteiger partial charge in [-0.15, -0.1) is 0 Å². The van der Waals surface area contributed by atoms with Crippen LogP contribution in [0.1, 0.15) is 37.8 Å². The maximum absolute atomic E-state index is 15.0. The second-order valence-electron chi connectivity index (χ2n) is 9.25. The molecule has 3 aromatic rings. The Bertz CT molecular complexity index is 1400. The molecule has 0 spiro atoms. The van der Waals surface area contributed by atoms with Crippen LogP contribution in [0.2, 0.25) is 0 Å². The van der Waals surface area contributed by atoms with Crippen molar-refractivity contribution in [3.05, 3.63) is 94.2 Å². The third-order valence-electron chi connectivity index (χ3n) is 6.25. The number of unbranched alkanes of at least 4 members (excludes halogenated alkanes) is 1. The lowest BCUT2D eigenvalue weighted by molar-refractivity contribution is -0.139. The summed E-state index contributed by atoms with van der Waals surface area (Å²) in [6.07, 6.45) is 1.68. The Kier molecular flexibility index (Phi) is 10.7. The third-order valence-corrected chi connectivity index (χ3v) is 8.52. The fourth-order valence-corrected chi connectivity index (χ4v) is 5.82. The van der Waals surface area contributed by atoms with Gasteiger partial charge in [0.05, 0.1) is 10.6 Å². The lowest BCUT2D eigenvalue weighted by atomic mass is 10.1. The van der Waals surface area contributed by atoms with E-state index in [9.17, 15) is 22.4 Å². The van der Waals surface area contributed by atoms with Crippen LogP contribution in [-0.2, 0) is 26.2 Å². The Hall–Kier alpha value is -3.24. The largest absolute Gasteiger partial charge is 0.354 e. The van der Waals surface area contributed by atoms with Crippen molar-refractivity contribution in [2.24, 2.45) is 0 Å². The number of halogens is 2. The van der Waals surface area contributed by atoms with E-state index in [1.54, 1.807) is 19.1 Å². The molecule has 3 rings (SSSR count). The van der Waals surface area contributed by atoms with E-state index in [0.717, 1.165) is 38.8 Å². The highest BCUT2D eigenvalue weighted by Gasteiger charge is 2.33. The van der Waals surface area contributed by atoms with Gasteiger partial charge in [-0.3, -0.25) is 13.9 Å². The first kappa shape index (κ1) is 30.3. The van der Waals surface area contributed by atoms with Crippen molar-refractivity contribution in [2.75, 3.05) is 17.4 Å². The number of hydrogen-bond donors (Lipinski definition) is 1. The van der Waals surface area contributed by atoms with Crippen molar-refractivity contribution in [3.8, 4) is 0 Å². The van der Waals surface area contributed by atoms with Gasteiger partial charge in [-0.1, -0.05) is 71.2 Å². The van der Waals surface area contributed by atoms with Gasteiger partial charge in [-0.05, 0) is 62.2 Å². The van der Waals surface area contributed by atoms with Crippen LogP contribution in [0.25, 0.3) is 0 Å². The van der Waals surface area contributed by atoms with E-state index >= 15 is 0 Å². The maximum atomic E-state index is 15.0. The summed E-state index contributed by atoms with van der Waals surface area (Å²) in [5, 5.41) is 2.84. The molecule has 0 fully saturated rings. The molecule has 0 bridgehead atoms. The molecule has 3 aromatic carbocycles. The van der Waals surface area contributed by atoms with E-state index < -0.39 is 34.3 Å². The molecule has 10 heteroatoms. The number of rotatable bonds is 12. The molecule has 1 atom stereocenters. The molecule has 0 radical (unpaired) electrons. The molecule has 0 aliphatic rings. The number of amides is 2. The Morgan fingerprint density at radius 2 is 1.72 bits per heavy atom. The van der Waals surface area contributed by atoms with E-state index in [-0.39, 0.29) is 23.0 Å². The predicted molar refractivity (Wildman–Crippen MR) is 154 cm³/mol. The van der Waals surface area contributed by atoms with Crippen molar-refractivity contribution in [2.45, 2.75) is 51.1 Å². The van der Waals surface area contributed by atoms with Gasteiger partial charge in [0.25, 0.3) is 10.0 Å². The van der Waals surface area contributed by atoms with Crippen molar-refractivity contribution < 1.29 is 22.4 Å². The molecular weight excluding hydrogens is 585 g/mol. The van der Waals surface area contributed by atoms with Crippen LogP contribution in [0.4, 0.5) is 10.1 Å². The molecule has 0 heterocycles. The van der Waals surface area contributed by atoms with Gasteiger partial charge in [0, 0.05) is 17.6 Å². The number of para-hydroxylation sites is 1. The third kappa shape index (κ3) is 7.89. The van der Waals surface area contributed by atoms with Gasteiger partial charge in [0.2, 0.25) is 11.8 Å². The van der Waals surface area contributed by atoms with Crippen LogP contribution in [0.5, 0.6) is 0 Å². The van der Waals surface area contributed by atoms with Gasteiger partial charge >= 0.3 is 0 Å². The lowest BCUT2D eigenvalue weighted by Crippen LogP contribution is -2.51. The Morgan fingerprint density at radius 3 is 2.36 bits per heavy atom. The standard InChI is InChI=1S/C29H33BrFN3O4S/c1-4-5-17-32-29(36)22(3)33(19-23-9-8-10-24(30)18-23)28(35)20-34(27-12-7-6-11-26(27)31)39(37,38)25-15-13-21(2)14-16-25/h6-16,18,22H,4-5,17,19-20H2,1-3H3,(H,32,36)/t22-/m1/s1. The zero-order chi connectivity index (χ0) is 28.6. The van der Waals surface area contributed by atoms with Crippen molar-refractivity contribution in [3.63, 3.8) is 0 Å². The zero-order valence-electron chi connectivity index (χ0n) is 22.2. The number of carbonyl (C=O) groups excluding carboxylic acids is 2. The first-order chi connectivity index (χ1) is 18.5.